The van der Waals surface area contributed by atoms with Crippen molar-refractivity contribution in [2.24, 2.45) is 0 Å². The number of carbonyl (C=O) groups is 4. The van der Waals surface area contributed by atoms with Gasteiger partial charge in [0.05, 0.1) is 58.2 Å². The maximum atomic E-state index is 14.4. The Kier molecular flexibility index (Phi) is 17.5. The number of anilines is 8. The van der Waals surface area contributed by atoms with Crippen molar-refractivity contribution in [3.05, 3.63) is 221 Å². The van der Waals surface area contributed by atoms with Crippen LogP contribution in [0, 0.1) is 69.2 Å². The van der Waals surface area contributed by atoms with Crippen LogP contribution in [-0.2, 0) is 0 Å². The third-order valence-corrected chi connectivity index (χ3v) is 45.4. The summed E-state index contributed by atoms with van der Waals surface area (Å²) in [5.74, 6) is 3.12. The molecule has 0 amide bonds. The van der Waals surface area contributed by atoms with Crippen LogP contribution in [0.3, 0.4) is 0 Å². The first-order valence-corrected chi connectivity index (χ1v) is 38.5. The Balaban J connectivity index is 0.757. The van der Waals surface area contributed by atoms with Crippen molar-refractivity contribution < 1.29 is 28.7 Å². The van der Waals surface area contributed by atoms with Gasteiger partial charge in [-0.15, -0.1) is 0 Å². The van der Waals surface area contributed by atoms with Crippen molar-refractivity contribution in [2.45, 2.75) is 82.1 Å². The highest BCUT2D eigenvalue weighted by Crippen LogP contribution is 2.91. The molecule has 0 atom stereocenters. The second-order valence-corrected chi connectivity index (χ2v) is 44.9. The quantitative estimate of drug-likeness (QED) is 0.0432. The molecule has 10 nitrogen and oxygen atoms in total. The normalized spacial score (nSPS) is 13.5. The fraction of sp³-hybridized carbons (Fsp3) is 0.297. The molecule has 0 radical (unpaired) electrons. The number of ether oxygens (including phenoxy) is 2. The van der Waals surface area contributed by atoms with E-state index >= 15 is 0 Å². The Morgan fingerprint density at radius 3 is 0.805 bits per heavy atom. The van der Waals surface area contributed by atoms with Crippen molar-refractivity contribution in [1.82, 2.24) is 0 Å². The highest BCUT2D eigenvalue weighted by molar-refractivity contribution is 9.39. The van der Waals surface area contributed by atoms with E-state index < -0.39 is 26.2 Å². The number of rotatable bonds is 20. The number of carbonyl (C=O) groups excluding carboxylic acids is 4. The average molecular weight is 1220 g/mol. The largest absolute Gasteiger partial charge is 0.494 e. The maximum absolute atomic E-state index is 14.4. The molecule has 0 fully saturated rings. The minimum atomic E-state index is -0.995. The van der Waals surface area contributed by atoms with Gasteiger partial charge in [0.2, 0.25) is 0 Å². The summed E-state index contributed by atoms with van der Waals surface area (Å²) >= 11 is 0. The van der Waals surface area contributed by atoms with Gasteiger partial charge in [-0.2, -0.15) is 8.09 Å². The summed E-state index contributed by atoms with van der Waals surface area (Å²) in [5, 5.41) is 14.3. The van der Waals surface area contributed by atoms with Crippen LogP contribution in [0.25, 0.3) is 0 Å². The van der Waals surface area contributed by atoms with E-state index in [9.17, 15) is 19.2 Å². The molecular weight excluding hydrogens is 1140 g/mol. The Morgan fingerprint density at radius 2 is 0.563 bits per heavy atom. The number of aryl methyl sites for hydroxylation is 10. The molecule has 4 N–H and O–H groups in total. The lowest BCUT2D eigenvalue weighted by Gasteiger charge is -2.63. The molecule has 0 aliphatic heterocycles. The highest BCUT2D eigenvalue weighted by atomic mass is 33.6. The molecule has 0 bridgehead atoms. The van der Waals surface area contributed by atoms with Crippen molar-refractivity contribution in [3.63, 3.8) is 0 Å². The van der Waals surface area contributed by atoms with E-state index in [1.165, 1.54) is 0 Å². The van der Waals surface area contributed by atoms with E-state index in [2.05, 4.69) is 177 Å². The zero-order chi connectivity index (χ0) is 62.6. The van der Waals surface area contributed by atoms with E-state index in [0.29, 0.717) is 80.5 Å². The Labute approximate surface area is 518 Å². The molecule has 454 valence electrons. The molecule has 0 unspecified atom stereocenters. The fourth-order valence-corrected chi connectivity index (χ4v) is 32.4. The summed E-state index contributed by atoms with van der Waals surface area (Å²) in [6, 6.07) is 38.5. The molecule has 8 aromatic carbocycles. The van der Waals surface area contributed by atoms with Gasteiger partial charge in [0.15, 0.2) is 23.1 Å². The van der Waals surface area contributed by atoms with Crippen molar-refractivity contribution >= 4 is 94.8 Å². The minimum absolute atomic E-state index is 0.180. The van der Waals surface area contributed by atoms with Gasteiger partial charge in [0.1, 0.15) is 11.5 Å². The predicted octanol–water partition coefficient (Wildman–Crippen LogP) is 18.6. The molecule has 0 heterocycles. The Bertz CT molecular complexity index is 3790. The molecule has 10 rings (SSSR count). The number of ketones is 4. The summed E-state index contributed by atoms with van der Waals surface area (Å²) in [6.45, 7) is 21.8. The van der Waals surface area contributed by atoms with E-state index in [1.54, 1.807) is 36.4 Å². The topological polar surface area (TPSA) is 135 Å². The first-order valence-electron chi connectivity index (χ1n) is 29.8. The minimum Gasteiger partial charge on any atom is -0.494 e. The molecule has 2 aliphatic rings. The third kappa shape index (κ3) is 12.1. The summed E-state index contributed by atoms with van der Waals surface area (Å²) in [4.78, 5) is 57.6. The van der Waals surface area contributed by atoms with Gasteiger partial charge < -0.3 is 30.7 Å². The number of hydrogen-bond donors (Lipinski definition) is 4. The monoisotopic (exact) mass is 1220 g/mol. The summed E-state index contributed by atoms with van der Waals surface area (Å²) in [6.07, 6.45) is 17.1. The number of benzene rings is 8. The van der Waals surface area contributed by atoms with E-state index in [0.717, 1.165) is 114 Å². The molecule has 0 spiro atoms. The van der Waals surface area contributed by atoms with Crippen molar-refractivity contribution in [3.8, 4) is 11.5 Å². The standard InChI is InChI=1S/C74H84N4O6S3/c1-43-35-45(3)67(46(4)36-43)75-59-27-29-61(65-63(59)71(79)55-23-17-19-25-57(55)73(65)81)77-69-49(7)39-53(40-50(69)8)83-31-21-33-85(11,12)87(15,16)86(13,14)34-22-32-84-54-41-51(9)70(52(10)42-54)78-62-30-28-60(76-68-47(5)37-44(2)38-48(68)6)64-66(62)74(82)58-26-20-18-24-56(58)72(64)80/h17-20,23-30,35-42,75-78H,21-22,31-34H2,1-16H3. The van der Waals surface area contributed by atoms with E-state index in [1.807, 2.05) is 36.4 Å². The van der Waals surface area contributed by atoms with Crippen LogP contribution in [0.5, 0.6) is 11.5 Å². The van der Waals surface area contributed by atoms with Crippen LogP contribution in [0.4, 0.5) is 45.5 Å². The SMILES string of the molecule is Cc1cc(C)c(Nc2ccc(Nc3c(C)cc(OCCCS(C)(C)S(C)(C)S(C)(C)CCCOc4cc(C)c(Nc5ccc(Nc6c(C)cc(C)cc6C)c6c5C(=O)c5ccccc5C6=O)c(C)c4)cc3C)c3c2C(=O)c2ccccc2C3=O)c(C)c1. The van der Waals surface area contributed by atoms with Crippen LogP contribution < -0.4 is 30.7 Å². The molecule has 2 aliphatic carbocycles. The molecule has 0 aromatic heterocycles. The number of fused-ring (bicyclic) bond motifs is 4. The van der Waals surface area contributed by atoms with Gasteiger partial charge >= 0.3 is 0 Å². The zero-order valence-corrected chi connectivity index (χ0v) is 55.9. The van der Waals surface area contributed by atoms with Crippen molar-refractivity contribution in [2.75, 3.05) is 83.5 Å². The van der Waals surface area contributed by atoms with E-state index in [4.69, 9.17) is 9.47 Å². The number of hydrogen-bond acceptors (Lipinski definition) is 10. The zero-order valence-electron chi connectivity index (χ0n) is 53.5. The highest BCUT2D eigenvalue weighted by Gasteiger charge is 2.39. The van der Waals surface area contributed by atoms with Gasteiger partial charge in [0, 0.05) is 45.0 Å². The van der Waals surface area contributed by atoms with Gasteiger partial charge in [-0.25, -0.2) is 18.1 Å². The van der Waals surface area contributed by atoms with Crippen LogP contribution >= 0.6 is 26.2 Å². The smallest absolute Gasteiger partial charge is 0.196 e. The second kappa shape index (κ2) is 24.5. The number of nitrogens with one attached hydrogen (secondary N) is 4. The predicted molar refractivity (Wildman–Crippen MR) is 374 cm³/mol. The fourth-order valence-electron chi connectivity index (χ4n) is 12.7. The van der Waals surface area contributed by atoms with Crippen LogP contribution in [0.1, 0.15) is 132 Å². The van der Waals surface area contributed by atoms with E-state index in [-0.39, 0.29) is 23.1 Å². The Morgan fingerprint density at radius 1 is 0.333 bits per heavy atom. The van der Waals surface area contributed by atoms with Crippen LogP contribution in [0.2, 0.25) is 0 Å². The molecule has 0 saturated heterocycles. The van der Waals surface area contributed by atoms with Crippen molar-refractivity contribution in [1.29, 1.82) is 0 Å². The molecule has 8 aromatic rings. The lowest BCUT2D eigenvalue weighted by atomic mass is 9.82. The second-order valence-electron chi connectivity index (χ2n) is 25.0. The van der Waals surface area contributed by atoms with Gasteiger partial charge in [0.25, 0.3) is 0 Å². The maximum Gasteiger partial charge on any atom is 0.196 e. The molecule has 0 saturated carbocycles. The lowest BCUT2D eigenvalue weighted by Crippen LogP contribution is -2.23. The average Bonchev–Trinajstić information content (AvgIpc) is 0.945. The molecular formula is C74H84N4O6S3. The van der Waals surface area contributed by atoms with Crippen LogP contribution in [0.15, 0.2) is 121 Å². The third-order valence-electron chi connectivity index (χ3n) is 17.8. The van der Waals surface area contributed by atoms with Gasteiger partial charge in [-0.05, 0) is 224 Å². The lowest BCUT2D eigenvalue weighted by molar-refractivity contribution is 0.0980. The first kappa shape index (κ1) is 62.3. The van der Waals surface area contributed by atoms with Crippen LogP contribution in [-0.4, -0.2) is 85.4 Å². The first-order chi connectivity index (χ1) is 41.2. The summed E-state index contributed by atoms with van der Waals surface area (Å²) in [5.41, 5.74) is 19.6. The molecule has 87 heavy (non-hydrogen) atoms. The summed E-state index contributed by atoms with van der Waals surface area (Å²) < 4.78 is 13.0. The van der Waals surface area contributed by atoms with Gasteiger partial charge in [-0.1, -0.05) is 83.9 Å². The van der Waals surface area contributed by atoms with Gasteiger partial charge in [-0.3, -0.25) is 19.2 Å². The summed E-state index contributed by atoms with van der Waals surface area (Å²) in [7, 11) is -2.97. The Hall–Kier alpha value is -7.71. The molecule has 13 heteroatoms.